The van der Waals surface area contributed by atoms with Crippen LogP contribution in [0.15, 0.2) is 18.2 Å². The first kappa shape index (κ1) is 14.0. The zero-order valence-corrected chi connectivity index (χ0v) is 9.71. The Morgan fingerprint density at radius 1 is 1.27 bits per heavy atom. The molecule has 0 aliphatic heterocycles. The molecule has 0 saturated heterocycles. The van der Waals surface area contributed by atoms with Crippen molar-refractivity contribution in [2.45, 2.75) is 6.04 Å². The summed E-state index contributed by atoms with van der Waals surface area (Å²) in [5, 5.41) is 0. The normalized spacial score (nSPS) is 11.5. The lowest BCUT2D eigenvalue weighted by molar-refractivity contribution is 0.388. The van der Waals surface area contributed by atoms with Crippen molar-refractivity contribution in [1.82, 2.24) is 0 Å². The maximum atomic E-state index is 5.82. The maximum absolute atomic E-state index is 5.82. The van der Waals surface area contributed by atoms with Crippen LogP contribution in [-0.4, -0.2) is 20.8 Å². The van der Waals surface area contributed by atoms with E-state index in [1.54, 1.807) is 20.3 Å². The maximum Gasteiger partial charge on any atom is 0.127 e. The lowest BCUT2D eigenvalue weighted by Gasteiger charge is -2.14. The monoisotopic (exact) mass is 232 g/mol. The summed E-state index contributed by atoms with van der Waals surface area (Å²) in [6, 6.07) is 5.31. The van der Waals surface area contributed by atoms with E-state index in [-0.39, 0.29) is 18.4 Å². The van der Waals surface area contributed by atoms with Crippen molar-refractivity contribution >= 4 is 12.4 Å². The third-order valence-corrected chi connectivity index (χ3v) is 2.09. The molecule has 15 heavy (non-hydrogen) atoms. The number of hydrogen-bond donors (Lipinski definition) is 2. The Morgan fingerprint density at radius 2 is 1.93 bits per heavy atom. The molecule has 1 aromatic carbocycles. The van der Waals surface area contributed by atoms with E-state index in [4.69, 9.17) is 20.9 Å². The fraction of sp³-hybridized carbons (Fsp3) is 0.400. The summed E-state index contributed by atoms with van der Waals surface area (Å²) in [5.41, 5.74) is 12.2. The minimum atomic E-state index is -0.198. The van der Waals surface area contributed by atoms with Crippen LogP contribution in [-0.2, 0) is 0 Å². The Morgan fingerprint density at radius 3 is 2.40 bits per heavy atom. The highest BCUT2D eigenvalue weighted by atomic mass is 35.5. The molecule has 0 aliphatic rings. The SMILES string of the molecule is COc1ccc([C@@H](N)CN)c(OC)c1.Cl. The van der Waals surface area contributed by atoms with Crippen molar-refractivity contribution in [1.29, 1.82) is 0 Å². The van der Waals surface area contributed by atoms with Gasteiger partial charge >= 0.3 is 0 Å². The molecule has 4 N–H and O–H groups in total. The van der Waals surface area contributed by atoms with Crippen molar-refractivity contribution in [3.05, 3.63) is 23.8 Å². The Kier molecular flexibility index (Phi) is 6.08. The summed E-state index contributed by atoms with van der Waals surface area (Å²) in [6.07, 6.45) is 0. The Hall–Kier alpha value is -0.970. The zero-order valence-electron chi connectivity index (χ0n) is 8.90. The highest BCUT2D eigenvalue weighted by molar-refractivity contribution is 5.85. The van der Waals surface area contributed by atoms with Crippen molar-refractivity contribution in [3.8, 4) is 11.5 Å². The molecule has 0 fully saturated rings. The van der Waals surface area contributed by atoms with Crippen molar-refractivity contribution in [2.75, 3.05) is 20.8 Å². The van der Waals surface area contributed by atoms with Gasteiger partial charge in [0.1, 0.15) is 11.5 Å². The molecule has 0 aromatic heterocycles. The van der Waals surface area contributed by atoms with Crippen LogP contribution in [0.4, 0.5) is 0 Å². The molecule has 0 heterocycles. The largest absolute Gasteiger partial charge is 0.497 e. The zero-order chi connectivity index (χ0) is 10.6. The van der Waals surface area contributed by atoms with E-state index >= 15 is 0 Å². The molecule has 0 bridgehead atoms. The Balaban J connectivity index is 0.00000196. The lowest BCUT2D eigenvalue weighted by Crippen LogP contribution is -2.21. The summed E-state index contributed by atoms with van der Waals surface area (Å²) in [4.78, 5) is 0. The van der Waals surface area contributed by atoms with Crippen LogP contribution in [0.5, 0.6) is 11.5 Å². The van der Waals surface area contributed by atoms with Crippen LogP contribution in [0.2, 0.25) is 0 Å². The molecule has 1 aromatic rings. The van der Waals surface area contributed by atoms with Crippen LogP contribution in [0.1, 0.15) is 11.6 Å². The summed E-state index contributed by atoms with van der Waals surface area (Å²) < 4.78 is 10.3. The highest BCUT2D eigenvalue weighted by Crippen LogP contribution is 2.27. The van der Waals surface area contributed by atoms with Crippen molar-refractivity contribution in [3.63, 3.8) is 0 Å². The summed E-state index contributed by atoms with van der Waals surface area (Å²) >= 11 is 0. The molecule has 0 amide bonds. The Labute approximate surface area is 96.0 Å². The van der Waals surface area contributed by atoms with E-state index in [0.717, 1.165) is 11.3 Å². The van der Waals surface area contributed by atoms with E-state index < -0.39 is 0 Å². The van der Waals surface area contributed by atoms with Gasteiger partial charge in [-0.2, -0.15) is 0 Å². The van der Waals surface area contributed by atoms with E-state index in [2.05, 4.69) is 0 Å². The second kappa shape index (κ2) is 6.50. The quantitative estimate of drug-likeness (QED) is 0.815. The molecule has 1 rings (SSSR count). The van der Waals surface area contributed by atoms with Gasteiger partial charge in [-0.25, -0.2) is 0 Å². The minimum Gasteiger partial charge on any atom is -0.497 e. The van der Waals surface area contributed by atoms with Gasteiger partial charge in [-0.3, -0.25) is 0 Å². The highest BCUT2D eigenvalue weighted by Gasteiger charge is 2.10. The van der Waals surface area contributed by atoms with Gasteiger partial charge in [0.25, 0.3) is 0 Å². The molecule has 0 aliphatic carbocycles. The smallest absolute Gasteiger partial charge is 0.127 e. The lowest BCUT2D eigenvalue weighted by atomic mass is 10.1. The third-order valence-electron chi connectivity index (χ3n) is 2.09. The van der Waals surface area contributed by atoms with Crippen molar-refractivity contribution < 1.29 is 9.47 Å². The fourth-order valence-electron chi connectivity index (χ4n) is 1.25. The second-order valence-electron chi connectivity index (χ2n) is 2.95. The fourth-order valence-corrected chi connectivity index (χ4v) is 1.25. The van der Waals surface area contributed by atoms with Crippen LogP contribution in [0.25, 0.3) is 0 Å². The molecule has 86 valence electrons. The van der Waals surface area contributed by atoms with E-state index in [1.807, 2.05) is 12.1 Å². The van der Waals surface area contributed by atoms with E-state index in [1.165, 1.54) is 0 Å². The van der Waals surface area contributed by atoms with Gasteiger partial charge in [-0.05, 0) is 6.07 Å². The van der Waals surface area contributed by atoms with Crippen LogP contribution < -0.4 is 20.9 Å². The molecular formula is C10H17ClN2O2. The molecule has 5 heteroatoms. The predicted molar refractivity (Wildman–Crippen MR) is 62.8 cm³/mol. The molecule has 0 unspecified atom stereocenters. The average Bonchev–Trinajstić information content (AvgIpc) is 2.27. The van der Waals surface area contributed by atoms with Gasteiger partial charge in [-0.15, -0.1) is 12.4 Å². The topological polar surface area (TPSA) is 70.5 Å². The standard InChI is InChI=1S/C10H16N2O2.ClH/c1-13-7-3-4-8(9(12)6-11)10(5-7)14-2;/h3-5,9H,6,11-12H2,1-2H3;1H/t9-;/m0./s1. The van der Waals surface area contributed by atoms with Gasteiger partial charge in [-0.1, -0.05) is 6.07 Å². The van der Waals surface area contributed by atoms with Gasteiger partial charge in [0.15, 0.2) is 0 Å². The number of nitrogens with two attached hydrogens (primary N) is 2. The summed E-state index contributed by atoms with van der Waals surface area (Å²) in [7, 11) is 3.21. The molecular weight excluding hydrogens is 216 g/mol. The van der Waals surface area contributed by atoms with Crippen LogP contribution in [0, 0.1) is 0 Å². The van der Waals surface area contributed by atoms with Crippen LogP contribution in [0.3, 0.4) is 0 Å². The van der Waals surface area contributed by atoms with Crippen LogP contribution >= 0.6 is 12.4 Å². The molecule has 4 nitrogen and oxygen atoms in total. The van der Waals surface area contributed by atoms with Crippen molar-refractivity contribution in [2.24, 2.45) is 11.5 Å². The predicted octanol–water partition coefficient (Wildman–Crippen LogP) is 1.08. The molecule has 1 atom stereocenters. The number of rotatable bonds is 4. The van der Waals surface area contributed by atoms with Gasteiger partial charge in [0.05, 0.1) is 14.2 Å². The Bertz CT molecular complexity index is 307. The van der Waals surface area contributed by atoms with Gasteiger partial charge in [0, 0.05) is 24.2 Å². The summed E-state index contributed by atoms with van der Waals surface area (Å²) in [5.74, 6) is 1.46. The number of halogens is 1. The van der Waals surface area contributed by atoms with Gasteiger partial charge in [0.2, 0.25) is 0 Å². The first-order valence-corrected chi connectivity index (χ1v) is 4.40. The number of methoxy groups -OCH3 is 2. The number of hydrogen-bond acceptors (Lipinski definition) is 4. The number of benzene rings is 1. The van der Waals surface area contributed by atoms with Gasteiger partial charge < -0.3 is 20.9 Å². The molecule has 0 saturated carbocycles. The second-order valence-corrected chi connectivity index (χ2v) is 2.95. The molecule has 0 radical (unpaired) electrons. The third kappa shape index (κ3) is 3.27. The first-order valence-electron chi connectivity index (χ1n) is 4.40. The number of ether oxygens (including phenoxy) is 2. The first-order chi connectivity index (χ1) is 6.72. The van der Waals surface area contributed by atoms with E-state index in [0.29, 0.717) is 12.3 Å². The minimum absolute atomic E-state index is 0. The van der Waals surface area contributed by atoms with E-state index in [9.17, 15) is 0 Å². The molecule has 0 spiro atoms. The summed E-state index contributed by atoms with van der Waals surface area (Å²) in [6.45, 7) is 0.392. The average molecular weight is 233 g/mol.